The van der Waals surface area contributed by atoms with Crippen molar-refractivity contribution < 1.29 is 31.9 Å². The number of aryl methyl sites for hydroxylation is 1. The highest BCUT2D eigenvalue weighted by Crippen LogP contribution is 2.28. The number of hydrogen-bond acceptors (Lipinski definition) is 4. The Balaban J connectivity index is 1.79. The molecule has 1 aliphatic rings. The van der Waals surface area contributed by atoms with Crippen LogP contribution in [0.15, 0.2) is 30.5 Å². The van der Waals surface area contributed by atoms with E-state index in [9.17, 15) is 27.6 Å². The number of anilines is 1. The molecule has 0 saturated heterocycles. The van der Waals surface area contributed by atoms with Gasteiger partial charge in [-0.05, 0) is 63.3 Å². The number of benzene rings is 1. The van der Waals surface area contributed by atoms with E-state index in [4.69, 9.17) is 0 Å². The normalized spacial score (nSPS) is 16.6. The quantitative estimate of drug-likeness (QED) is 0.220. The number of halogens is 4. The summed E-state index contributed by atoms with van der Waals surface area (Å²) in [6.45, 7) is 4.78. The highest BCUT2D eigenvalue weighted by atomic mass is 19.3. The van der Waals surface area contributed by atoms with Gasteiger partial charge in [-0.1, -0.05) is 31.7 Å². The Bertz CT molecular complexity index is 1170. The van der Waals surface area contributed by atoms with Crippen molar-refractivity contribution in [2.75, 3.05) is 11.9 Å². The van der Waals surface area contributed by atoms with Gasteiger partial charge in [0.1, 0.15) is 17.6 Å². The number of alkyl halides is 3. The summed E-state index contributed by atoms with van der Waals surface area (Å²) in [6.07, 6.45) is 0.712. The number of nitrogens with zero attached hydrogens (tertiary/aromatic N) is 3. The smallest absolute Gasteiger partial charge is 0.287 e. The van der Waals surface area contributed by atoms with Crippen LogP contribution < -0.4 is 10.6 Å². The molecule has 0 radical (unpaired) electrons. The van der Waals surface area contributed by atoms with Crippen molar-refractivity contribution in [3.63, 3.8) is 0 Å². The fourth-order valence-corrected chi connectivity index (χ4v) is 5.13. The van der Waals surface area contributed by atoms with Crippen LogP contribution in [0, 0.1) is 11.7 Å². The summed E-state index contributed by atoms with van der Waals surface area (Å²) < 4.78 is 56.2. The topological polar surface area (TPSA) is 96.3 Å². The summed E-state index contributed by atoms with van der Waals surface area (Å²) in [5, 5.41) is 9.50. The molecular weight excluding hydrogens is 530 g/mol. The Morgan fingerprint density at radius 3 is 2.33 bits per heavy atom. The number of carbonyl (C=O) groups excluding carboxylic acids is 3. The molecule has 8 nitrogen and oxygen atoms in total. The van der Waals surface area contributed by atoms with E-state index in [-0.39, 0.29) is 23.7 Å². The molecule has 2 unspecified atom stereocenters. The van der Waals surface area contributed by atoms with Crippen molar-refractivity contribution >= 4 is 23.4 Å². The summed E-state index contributed by atoms with van der Waals surface area (Å²) >= 11 is 0. The van der Waals surface area contributed by atoms with Gasteiger partial charge in [0.2, 0.25) is 18.1 Å². The molecule has 2 N–H and O–H groups in total. The molecule has 1 aliphatic carbocycles. The molecule has 12 heteroatoms. The van der Waals surface area contributed by atoms with E-state index in [1.807, 2.05) is 6.92 Å². The fraction of sp³-hybridized carbons (Fsp3) is 0.571. The van der Waals surface area contributed by atoms with Crippen LogP contribution >= 0.6 is 0 Å². The van der Waals surface area contributed by atoms with Gasteiger partial charge < -0.3 is 15.5 Å². The van der Waals surface area contributed by atoms with Gasteiger partial charge in [0.15, 0.2) is 0 Å². The molecule has 3 amide bonds. The summed E-state index contributed by atoms with van der Waals surface area (Å²) in [5.74, 6) is -4.04. The van der Waals surface area contributed by atoms with Gasteiger partial charge in [0.05, 0.1) is 11.6 Å². The molecule has 3 atom stereocenters. The minimum absolute atomic E-state index is 0.141. The van der Waals surface area contributed by atoms with Crippen LogP contribution in [0.3, 0.4) is 0 Å². The van der Waals surface area contributed by atoms with Gasteiger partial charge in [-0.3, -0.25) is 19.1 Å². The lowest BCUT2D eigenvalue weighted by atomic mass is 9.90. The van der Waals surface area contributed by atoms with Crippen molar-refractivity contribution in [2.45, 2.75) is 90.5 Å². The van der Waals surface area contributed by atoms with Crippen LogP contribution in [0.2, 0.25) is 0 Å². The third-order valence-electron chi connectivity index (χ3n) is 7.44. The predicted octanol–water partition coefficient (Wildman–Crippen LogP) is 5.26. The molecule has 1 heterocycles. The molecule has 1 saturated carbocycles. The summed E-state index contributed by atoms with van der Waals surface area (Å²) in [5.41, 5.74) is 0.289. The standard InChI is InChI=1S/C28H37F4N5O3/c1-4-36(25(32)24(30)31)28(40)17(3)19-12-13-21(20(29)16-19)34-27(39)23(18-10-8-6-7-9-11-18)35-26(38)22-14-15-33-37(22)5-2/h12-18,23-25H,4-11H2,1-3H3,(H,34,39)(H,35,38)/t17?,23-,25?/m0/s1. The molecular formula is C28H37F4N5O3. The molecule has 3 rings (SSSR count). The number of carbonyl (C=O) groups is 3. The van der Waals surface area contributed by atoms with E-state index < -0.39 is 48.2 Å². The third-order valence-corrected chi connectivity index (χ3v) is 7.44. The van der Waals surface area contributed by atoms with E-state index in [1.54, 1.807) is 6.07 Å². The lowest BCUT2D eigenvalue weighted by Crippen LogP contribution is -2.49. The maximum atomic E-state index is 15.1. The van der Waals surface area contributed by atoms with E-state index >= 15 is 4.39 Å². The van der Waals surface area contributed by atoms with Crippen LogP contribution in [0.25, 0.3) is 0 Å². The van der Waals surface area contributed by atoms with Crippen LogP contribution in [0.5, 0.6) is 0 Å². The van der Waals surface area contributed by atoms with E-state index in [0.29, 0.717) is 17.1 Å². The predicted molar refractivity (Wildman–Crippen MR) is 142 cm³/mol. The lowest BCUT2D eigenvalue weighted by molar-refractivity contribution is -0.145. The second-order valence-corrected chi connectivity index (χ2v) is 10.0. The minimum atomic E-state index is -3.37. The number of aromatic nitrogens is 2. The van der Waals surface area contributed by atoms with E-state index in [1.165, 1.54) is 36.9 Å². The average molecular weight is 568 g/mol. The van der Waals surface area contributed by atoms with Gasteiger partial charge in [0.25, 0.3) is 12.3 Å². The number of rotatable bonds is 11. The highest BCUT2D eigenvalue weighted by molar-refractivity contribution is 6.00. The average Bonchev–Trinajstić information content (AvgIpc) is 3.26. The maximum Gasteiger partial charge on any atom is 0.287 e. The first-order valence-corrected chi connectivity index (χ1v) is 13.7. The molecule has 40 heavy (non-hydrogen) atoms. The number of likely N-dealkylation sites (N-methyl/N-ethyl adjacent to an activating group) is 1. The molecule has 2 aromatic rings. The van der Waals surface area contributed by atoms with Gasteiger partial charge in [-0.2, -0.15) is 5.10 Å². The first-order chi connectivity index (χ1) is 19.1. The van der Waals surface area contributed by atoms with E-state index in [0.717, 1.165) is 44.6 Å². The van der Waals surface area contributed by atoms with Crippen molar-refractivity contribution in [3.05, 3.63) is 47.5 Å². The Hall–Kier alpha value is -3.44. The number of nitrogens with one attached hydrogen (secondary N) is 2. The van der Waals surface area contributed by atoms with E-state index in [2.05, 4.69) is 15.7 Å². The summed E-state index contributed by atoms with van der Waals surface area (Å²) in [6, 6.07) is 4.30. The van der Waals surface area contributed by atoms with Gasteiger partial charge >= 0.3 is 0 Å². The Morgan fingerprint density at radius 1 is 1.07 bits per heavy atom. The molecule has 0 bridgehead atoms. The molecule has 1 aromatic heterocycles. The van der Waals surface area contributed by atoms with Crippen LogP contribution in [0.4, 0.5) is 23.2 Å². The zero-order valence-corrected chi connectivity index (χ0v) is 23.0. The van der Waals surface area contributed by atoms with Crippen molar-refractivity contribution in [1.82, 2.24) is 20.0 Å². The number of amides is 3. The maximum absolute atomic E-state index is 15.1. The van der Waals surface area contributed by atoms with Crippen molar-refractivity contribution in [3.8, 4) is 0 Å². The first-order valence-electron chi connectivity index (χ1n) is 13.7. The lowest BCUT2D eigenvalue weighted by Gasteiger charge is -2.28. The largest absolute Gasteiger partial charge is 0.339 e. The summed E-state index contributed by atoms with van der Waals surface area (Å²) in [4.78, 5) is 39.6. The van der Waals surface area contributed by atoms with Crippen molar-refractivity contribution in [2.24, 2.45) is 5.92 Å². The van der Waals surface area contributed by atoms with Crippen LogP contribution in [-0.2, 0) is 16.1 Å². The summed E-state index contributed by atoms with van der Waals surface area (Å²) in [7, 11) is 0. The first kappa shape index (κ1) is 31.1. The highest BCUT2D eigenvalue weighted by Gasteiger charge is 2.34. The monoisotopic (exact) mass is 567 g/mol. The van der Waals surface area contributed by atoms with Gasteiger partial charge in [0, 0.05) is 19.3 Å². The molecule has 1 fully saturated rings. The zero-order chi connectivity index (χ0) is 29.4. The van der Waals surface area contributed by atoms with Crippen LogP contribution in [0.1, 0.15) is 81.3 Å². The Labute approximate surface area is 231 Å². The minimum Gasteiger partial charge on any atom is -0.339 e. The Kier molecular flexibility index (Phi) is 11.1. The van der Waals surface area contributed by atoms with Gasteiger partial charge in [-0.25, -0.2) is 17.6 Å². The second-order valence-electron chi connectivity index (χ2n) is 10.0. The molecule has 0 aliphatic heterocycles. The zero-order valence-electron chi connectivity index (χ0n) is 23.0. The third kappa shape index (κ3) is 7.39. The van der Waals surface area contributed by atoms with Crippen LogP contribution in [-0.4, -0.2) is 57.7 Å². The molecule has 1 aromatic carbocycles. The number of hydrogen-bond donors (Lipinski definition) is 2. The van der Waals surface area contributed by atoms with Crippen molar-refractivity contribution in [1.29, 1.82) is 0 Å². The molecule has 0 spiro atoms. The SMILES string of the molecule is CCN(C(=O)C(C)c1ccc(NC(=O)[C@@H](NC(=O)c2ccnn2CC)C2CCCCCC2)c(F)c1)C(F)C(F)F. The second kappa shape index (κ2) is 14.3. The molecule has 220 valence electrons. The Morgan fingerprint density at radius 2 is 1.75 bits per heavy atom. The fourth-order valence-electron chi connectivity index (χ4n) is 5.13. The van der Waals surface area contributed by atoms with Gasteiger partial charge in [-0.15, -0.1) is 0 Å².